The van der Waals surface area contributed by atoms with Gasteiger partial charge in [0, 0.05) is 36.4 Å². The van der Waals surface area contributed by atoms with Crippen molar-refractivity contribution in [2.45, 2.75) is 51.6 Å². The Bertz CT molecular complexity index is 740. The summed E-state index contributed by atoms with van der Waals surface area (Å²) in [5.41, 5.74) is 2.04. The van der Waals surface area contributed by atoms with E-state index >= 15 is 0 Å². The number of ether oxygens (including phenoxy) is 1. The van der Waals surface area contributed by atoms with Crippen LogP contribution >= 0.6 is 0 Å². The van der Waals surface area contributed by atoms with Crippen LogP contribution in [0.25, 0.3) is 0 Å². The zero-order valence-corrected chi connectivity index (χ0v) is 16.4. The lowest BCUT2D eigenvalue weighted by molar-refractivity contribution is 0.0945. The lowest BCUT2D eigenvalue weighted by Gasteiger charge is -2.31. The highest BCUT2D eigenvalue weighted by molar-refractivity contribution is 5.97. The van der Waals surface area contributed by atoms with Gasteiger partial charge < -0.3 is 25.6 Å². The van der Waals surface area contributed by atoms with Crippen molar-refractivity contribution in [2.24, 2.45) is 0 Å². The van der Waals surface area contributed by atoms with E-state index < -0.39 is 0 Å². The Morgan fingerprint density at radius 1 is 1.07 bits per heavy atom. The van der Waals surface area contributed by atoms with E-state index in [1.54, 1.807) is 24.0 Å². The Kier molecular flexibility index (Phi) is 6.38. The Labute approximate surface area is 165 Å². The summed E-state index contributed by atoms with van der Waals surface area (Å²) >= 11 is 0. The van der Waals surface area contributed by atoms with Gasteiger partial charge in [0.1, 0.15) is 0 Å². The summed E-state index contributed by atoms with van der Waals surface area (Å²) in [5, 5.41) is 8.74. The van der Waals surface area contributed by atoms with E-state index in [0.717, 1.165) is 18.4 Å². The van der Waals surface area contributed by atoms with E-state index in [9.17, 15) is 14.4 Å². The molecule has 1 saturated carbocycles. The van der Waals surface area contributed by atoms with Gasteiger partial charge in [0.05, 0.1) is 6.61 Å². The van der Waals surface area contributed by atoms with Crippen LogP contribution < -0.4 is 16.0 Å². The number of urea groups is 1. The predicted octanol–water partition coefficient (Wildman–Crippen LogP) is 2.63. The first kappa shape index (κ1) is 20.0. The molecule has 3 N–H and O–H groups in total. The Morgan fingerprint density at radius 3 is 2.39 bits per heavy atom. The van der Waals surface area contributed by atoms with Crippen molar-refractivity contribution < 1.29 is 19.1 Å². The largest absolute Gasteiger partial charge is 0.450 e. The zero-order chi connectivity index (χ0) is 20.1. The number of piperidine rings is 1. The van der Waals surface area contributed by atoms with Crippen LogP contribution in [0.5, 0.6) is 0 Å². The van der Waals surface area contributed by atoms with E-state index in [2.05, 4.69) is 16.0 Å². The summed E-state index contributed by atoms with van der Waals surface area (Å²) in [6, 6.07) is 5.27. The molecule has 1 aliphatic heterocycles. The molecule has 8 heteroatoms. The van der Waals surface area contributed by atoms with Crippen LogP contribution in [0.1, 0.15) is 48.5 Å². The van der Waals surface area contributed by atoms with Gasteiger partial charge in [-0.1, -0.05) is 6.07 Å². The van der Waals surface area contributed by atoms with Crippen LogP contribution in [-0.4, -0.2) is 54.7 Å². The van der Waals surface area contributed by atoms with Crippen LogP contribution in [0.4, 0.5) is 15.3 Å². The molecule has 8 nitrogen and oxygen atoms in total. The second kappa shape index (κ2) is 8.95. The van der Waals surface area contributed by atoms with E-state index in [1.807, 2.05) is 13.0 Å². The minimum absolute atomic E-state index is 0.00710. The summed E-state index contributed by atoms with van der Waals surface area (Å²) in [7, 11) is 0. The summed E-state index contributed by atoms with van der Waals surface area (Å²) in [6.07, 6.45) is 3.10. The molecule has 0 unspecified atom stereocenters. The SMILES string of the molecule is CCOC(=O)N1CCC(NC(=O)Nc2cc(C(=O)NC3CC3)ccc2C)CC1. The second-order valence-corrected chi connectivity index (χ2v) is 7.34. The van der Waals surface area contributed by atoms with Crippen LogP contribution in [-0.2, 0) is 4.74 Å². The minimum Gasteiger partial charge on any atom is -0.450 e. The summed E-state index contributed by atoms with van der Waals surface area (Å²) in [5.74, 6) is -0.114. The number of rotatable bonds is 5. The number of hydrogen-bond donors (Lipinski definition) is 3. The number of anilines is 1. The van der Waals surface area contributed by atoms with Gasteiger partial charge in [0.2, 0.25) is 0 Å². The molecule has 4 amide bonds. The van der Waals surface area contributed by atoms with Gasteiger partial charge in [-0.3, -0.25) is 4.79 Å². The number of likely N-dealkylation sites (tertiary alicyclic amines) is 1. The number of carbonyl (C=O) groups excluding carboxylic acids is 3. The lowest BCUT2D eigenvalue weighted by atomic mass is 10.1. The first-order chi connectivity index (χ1) is 13.5. The number of nitrogens with zero attached hydrogens (tertiary/aromatic N) is 1. The smallest absolute Gasteiger partial charge is 0.409 e. The fourth-order valence-corrected chi connectivity index (χ4v) is 3.16. The van der Waals surface area contributed by atoms with Crippen LogP contribution in [0.3, 0.4) is 0 Å². The average Bonchev–Trinajstić information content (AvgIpc) is 3.48. The second-order valence-electron chi connectivity index (χ2n) is 7.34. The summed E-state index contributed by atoms with van der Waals surface area (Å²) in [6.45, 7) is 5.13. The van der Waals surface area contributed by atoms with Crippen molar-refractivity contribution >= 4 is 23.7 Å². The van der Waals surface area contributed by atoms with Gasteiger partial charge >= 0.3 is 12.1 Å². The molecular formula is C20H28N4O4. The van der Waals surface area contributed by atoms with E-state index in [-0.39, 0.29) is 30.1 Å². The zero-order valence-electron chi connectivity index (χ0n) is 16.4. The van der Waals surface area contributed by atoms with Gasteiger partial charge in [0.15, 0.2) is 0 Å². The molecule has 0 radical (unpaired) electrons. The number of aryl methyl sites for hydroxylation is 1. The molecule has 0 spiro atoms. The number of nitrogens with one attached hydrogen (secondary N) is 3. The molecule has 1 aromatic rings. The predicted molar refractivity (Wildman–Crippen MR) is 105 cm³/mol. The molecule has 1 aromatic carbocycles. The van der Waals surface area contributed by atoms with Crippen molar-refractivity contribution in [3.63, 3.8) is 0 Å². The van der Waals surface area contributed by atoms with Crippen molar-refractivity contribution in [3.05, 3.63) is 29.3 Å². The molecule has 0 aromatic heterocycles. The number of amides is 4. The third-order valence-corrected chi connectivity index (χ3v) is 5.02. The topological polar surface area (TPSA) is 99.8 Å². The molecule has 1 saturated heterocycles. The molecule has 3 rings (SSSR count). The fraction of sp³-hybridized carbons (Fsp3) is 0.550. The van der Waals surface area contributed by atoms with Crippen molar-refractivity contribution in [2.75, 3.05) is 25.0 Å². The highest BCUT2D eigenvalue weighted by Gasteiger charge is 2.25. The quantitative estimate of drug-likeness (QED) is 0.722. The number of carbonyl (C=O) groups is 3. The number of benzene rings is 1. The van der Waals surface area contributed by atoms with Crippen molar-refractivity contribution in [1.82, 2.24) is 15.5 Å². The Hall–Kier alpha value is -2.77. The van der Waals surface area contributed by atoms with Gasteiger partial charge in [-0.25, -0.2) is 9.59 Å². The Morgan fingerprint density at radius 2 is 1.75 bits per heavy atom. The standard InChI is InChI=1S/C20H28N4O4/c1-3-28-20(27)24-10-8-16(9-11-24)22-19(26)23-17-12-14(5-4-13(17)2)18(25)21-15-6-7-15/h4-5,12,15-16H,3,6-11H2,1-2H3,(H,21,25)(H2,22,23,26). The van der Waals surface area contributed by atoms with Gasteiger partial charge in [-0.15, -0.1) is 0 Å². The van der Waals surface area contributed by atoms with Crippen molar-refractivity contribution in [3.8, 4) is 0 Å². The monoisotopic (exact) mass is 388 g/mol. The highest BCUT2D eigenvalue weighted by atomic mass is 16.6. The van der Waals surface area contributed by atoms with E-state index in [1.165, 1.54) is 0 Å². The molecule has 0 atom stereocenters. The third kappa shape index (κ3) is 5.37. The molecule has 0 bridgehead atoms. The molecule has 28 heavy (non-hydrogen) atoms. The maximum Gasteiger partial charge on any atom is 0.409 e. The summed E-state index contributed by atoms with van der Waals surface area (Å²) in [4.78, 5) is 38.0. The van der Waals surface area contributed by atoms with Crippen LogP contribution in [0, 0.1) is 6.92 Å². The van der Waals surface area contributed by atoms with Crippen LogP contribution in [0.15, 0.2) is 18.2 Å². The summed E-state index contributed by atoms with van der Waals surface area (Å²) < 4.78 is 5.00. The Balaban J connectivity index is 1.50. The lowest BCUT2D eigenvalue weighted by Crippen LogP contribution is -2.47. The van der Waals surface area contributed by atoms with Gasteiger partial charge in [0.25, 0.3) is 5.91 Å². The average molecular weight is 388 g/mol. The molecule has 2 fully saturated rings. The minimum atomic E-state index is -0.308. The molecule has 1 aliphatic carbocycles. The molecular weight excluding hydrogens is 360 g/mol. The first-order valence-corrected chi connectivity index (χ1v) is 9.87. The third-order valence-electron chi connectivity index (χ3n) is 5.02. The van der Waals surface area contributed by atoms with E-state index in [0.29, 0.717) is 43.8 Å². The van der Waals surface area contributed by atoms with Gasteiger partial charge in [-0.05, 0) is 57.2 Å². The maximum atomic E-state index is 12.4. The van der Waals surface area contributed by atoms with Gasteiger partial charge in [-0.2, -0.15) is 0 Å². The van der Waals surface area contributed by atoms with E-state index in [4.69, 9.17) is 4.74 Å². The fourth-order valence-electron chi connectivity index (χ4n) is 3.16. The number of hydrogen-bond acceptors (Lipinski definition) is 4. The molecule has 2 aliphatic rings. The highest BCUT2D eigenvalue weighted by Crippen LogP contribution is 2.21. The molecule has 1 heterocycles. The normalized spacial score (nSPS) is 17.0. The first-order valence-electron chi connectivity index (χ1n) is 9.87. The van der Waals surface area contributed by atoms with Crippen LogP contribution in [0.2, 0.25) is 0 Å². The van der Waals surface area contributed by atoms with Crippen molar-refractivity contribution in [1.29, 1.82) is 0 Å². The maximum absolute atomic E-state index is 12.4. The molecule has 152 valence electrons.